The van der Waals surface area contributed by atoms with Crippen LogP contribution in [0.3, 0.4) is 0 Å². The molecule has 1 atom stereocenters. The van der Waals surface area contributed by atoms with E-state index in [1.807, 2.05) is 6.07 Å². The molecule has 0 aromatic heterocycles. The molecule has 198 valence electrons. The van der Waals surface area contributed by atoms with Gasteiger partial charge >= 0.3 is 11.9 Å². The van der Waals surface area contributed by atoms with Crippen molar-refractivity contribution in [2.45, 2.75) is 24.8 Å². The molecule has 8 nitrogen and oxygen atoms in total. The number of carbonyl (C=O) groups is 1. The zero-order valence-electron chi connectivity index (χ0n) is 19.8. The number of hydrogen-bond acceptors (Lipinski definition) is 7. The molecule has 0 saturated carbocycles. The van der Waals surface area contributed by atoms with E-state index < -0.39 is 40.2 Å². The Morgan fingerprint density at radius 1 is 1.05 bits per heavy atom. The Morgan fingerprint density at radius 3 is 2.42 bits per heavy atom. The summed E-state index contributed by atoms with van der Waals surface area (Å²) in [4.78, 5) is 24.3. The first-order chi connectivity index (χ1) is 18.0. The molecular formula is C26H20ClF3N2O6. The molecule has 0 N–H and O–H groups in total. The summed E-state index contributed by atoms with van der Waals surface area (Å²) < 4.78 is 55.0. The molecule has 38 heavy (non-hydrogen) atoms. The fourth-order valence-corrected chi connectivity index (χ4v) is 3.79. The molecule has 3 aromatic carbocycles. The fraction of sp³-hybridized carbons (Fsp3) is 0.231. The minimum Gasteiger partial charge on any atom is -0.492 e. The molecule has 0 amide bonds. The predicted octanol–water partition coefficient (Wildman–Crippen LogP) is 6.25. The molecule has 0 aliphatic heterocycles. The quantitative estimate of drug-likeness (QED) is 0.206. The van der Waals surface area contributed by atoms with Crippen molar-refractivity contribution in [2.24, 2.45) is 0 Å². The van der Waals surface area contributed by atoms with Crippen molar-refractivity contribution in [2.75, 3.05) is 13.7 Å². The van der Waals surface area contributed by atoms with Crippen LogP contribution >= 0.6 is 11.6 Å². The van der Waals surface area contributed by atoms with Gasteiger partial charge in [0.05, 0.1) is 28.7 Å². The highest BCUT2D eigenvalue weighted by molar-refractivity contribution is 6.32. The number of nitriles is 1. The number of ether oxygens (including phenoxy) is 3. The number of ketones is 1. The first-order valence-electron chi connectivity index (χ1n) is 11.0. The lowest BCUT2D eigenvalue weighted by atomic mass is 9.87. The first kappa shape index (κ1) is 28.4. The topological polar surface area (TPSA) is 112 Å². The third-order valence-corrected chi connectivity index (χ3v) is 5.66. The SMILES string of the molecule is COCc1cccc(C(C#N)(Oc2ccccc2[N+](=O)[O-])C(=O)CCOc2ccc(C(F)(F)F)cc2Cl)c1. The summed E-state index contributed by atoms with van der Waals surface area (Å²) in [7, 11) is 1.46. The van der Waals surface area contributed by atoms with Crippen LogP contribution in [-0.4, -0.2) is 24.4 Å². The van der Waals surface area contributed by atoms with E-state index in [0.29, 0.717) is 11.6 Å². The van der Waals surface area contributed by atoms with Crippen LogP contribution in [0.15, 0.2) is 66.7 Å². The number of halogens is 4. The number of hydrogen-bond donors (Lipinski definition) is 0. The van der Waals surface area contributed by atoms with Gasteiger partial charge < -0.3 is 14.2 Å². The van der Waals surface area contributed by atoms with Gasteiger partial charge in [0.1, 0.15) is 11.8 Å². The van der Waals surface area contributed by atoms with Crippen LogP contribution in [0, 0.1) is 21.4 Å². The van der Waals surface area contributed by atoms with Crippen molar-refractivity contribution in [3.63, 3.8) is 0 Å². The van der Waals surface area contributed by atoms with Crippen molar-refractivity contribution < 1.29 is 37.1 Å². The lowest BCUT2D eigenvalue weighted by Crippen LogP contribution is -2.41. The van der Waals surface area contributed by atoms with Crippen molar-refractivity contribution in [1.29, 1.82) is 5.26 Å². The van der Waals surface area contributed by atoms with E-state index in [0.717, 1.165) is 12.1 Å². The summed E-state index contributed by atoms with van der Waals surface area (Å²) in [6, 6.07) is 15.9. The molecule has 3 aromatic rings. The standard InChI is InChI=1S/C26H20ClF3N2O6/c1-36-15-17-5-4-6-18(13-17)25(16-31,38-23-8-3-2-7-21(23)32(34)35)24(33)11-12-37-22-10-9-19(14-20(22)27)26(28,29)30/h2-10,13-14H,11-12,15H2,1H3. The maximum atomic E-state index is 13.5. The van der Waals surface area contributed by atoms with Crippen LogP contribution in [0.5, 0.6) is 11.5 Å². The fourth-order valence-electron chi connectivity index (χ4n) is 3.56. The van der Waals surface area contributed by atoms with E-state index >= 15 is 0 Å². The van der Waals surface area contributed by atoms with Gasteiger partial charge in [-0.3, -0.25) is 14.9 Å². The number of nitro benzene ring substituents is 1. The van der Waals surface area contributed by atoms with Gasteiger partial charge in [0.2, 0.25) is 0 Å². The second kappa shape index (κ2) is 11.9. The van der Waals surface area contributed by atoms with Crippen LogP contribution in [-0.2, 0) is 27.9 Å². The molecule has 0 fully saturated rings. The number of alkyl halides is 3. The molecule has 0 spiro atoms. The molecule has 0 aliphatic rings. The summed E-state index contributed by atoms with van der Waals surface area (Å²) in [6.45, 7) is -0.212. The summed E-state index contributed by atoms with van der Waals surface area (Å²) >= 11 is 5.90. The number of methoxy groups -OCH3 is 1. The van der Waals surface area contributed by atoms with Crippen LogP contribution in [0.2, 0.25) is 5.02 Å². The second-order valence-corrected chi connectivity index (χ2v) is 8.33. The first-order valence-corrected chi connectivity index (χ1v) is 11.3. The van der Waals surface area contributed by atoms with Gasteiger partial charge in [-0.05, 0) is 35.9 Å². The highest BCUT2D eigenvalue weighted by Gasteiger charge is 2.44. The van der Waals surface area contributed by atoms with Gasteiger partial charge in [-0.1, -0.05) is 41.9 Å². The molecule has 0 heterocycles. The third kappa shape index (κ3) is 6.40. The van der Waals surface area contributed by atoms with Gasteiger partial charge in [-0.2, -0.15) is 18.4 Å². The molecule has 3 rings (SSSR count). The van der Waals surface area contributed by atoms with Crippen LogP contribution < -0.4 is 9.47 Å². The number of carbonyl (C=O) groups excluding carboxylic acids is 1. The minimum absolute atomic E-state index is 0.100. The molecule has 0 aliphatic carbocycles. The average Bonchev–Trinajstić information content (AvgIpc) is 2.88. The van der Waals surface area contributed by atoms with E-state index in [-0.39, 0.29) is 35.3 Å². The molecule has 0 radical (unpaired) electrons. The van der Waals surface area contributed by atoms with E-state index in [2.05, 4.69) is 0 Å². The molecular weight excluding hydrogens is 529 g/mol. The van der Waals surface area contributed by atoms with E-state index in [1.54, 1.807) is 12.1 Å². The maximum Gasteiger partial charge on any atom is 0.416 e. The van der Waals surface area contributed by atoms with Crippen molar-refractivity contribution >= 4 is 23.1 Å². The molecule has 12 heteroatoms. The number of nitro groups is 1. The van der Waals surface area contributed by atoms with Crippen LogP contribution in [0.1, 0.15) is 23.1 Å². The van der Waals surface area contributed by atoms with Crippen LogP contribution in [0.25, 0.3) is 0 Å². The van der Waals surface area contributed by atoms with E-state index in [1.165, 1.54) is 43.5 Å². The Kier molecular flexibility index (Phi) is 8.93. The van der Waals surface area contributed by atoms with Gasteiger partial charge in [-0.15, -0.1) is 0 Å². The van der Waals surface area contributed by atoms with Crippen molar-refractivity contribution in [1.82, 2.24) is 0 Å². The largest absolute Gasteiger partial charge is 0.492 e. The Morgan fingerprint density at radius 2 is 1.79 bits per heavy atom. The summed E-state index contributed by atoms with van der Waals surface area (Å²) in [5.74, 6) is -1.22. The number of rotatable bonds is 11. The lowest BCUT2D eigenvalue weighted by molar-refractivity contribution is -0.386. The van der Waals surface area contributed by atoms with Crippen molar-refractivity contribution in [3.05, 3.63) is 98.6 Å². The Labute approximate surface area is 220 Å². The summed E-state index contributed by atoms with van der Waals surface area (Å²) in [5.41, 5.74) is -3.03. The van der Waals surface area contributed by atoms with Crippen LogP contribution in [0.4, 0.5) is 18.9 Å². The number of benzene rings is 3. The smallest absolute Gasteiger partial charge is 0.416 e. The molecule has 0 saturated heterocycles. The zero-order valence-corrected chi connectivity index (χ0v) is 20.6. The van der Waals surface area contributed by atoms with Crippen molar-refractivity contribution in [3.8, 4) is 17.6 Å². The highest BCUT2D eigenvalue weighted by Crippen LogP contribution is 2.37. The summed E-state index contributed by atoms with van der Waals surface area (Å²) in [6.07, 6.45) is -5.04. The average molecular weight is 549 g/mol. The zero-order chi connectivity index (χ0) is 27.9. The van der Waals surface area contributed by atoms with Gasteiger partial charge in [0, 0.05) is 25.2 Å². The van der Waals surface area contributed by atoms with Gasteiger partial charge in [0.15, 0.2) is 11.5 Å². The highest BCUT2D eigenvalue weighted by atomic mass is 35.5. The van der Waals surface area contributed by atoms with E-state index in [9.17, 15) is 33.3 Å². The second-order valence-electron chi connectivity index (χ2n) is 7.92. The number of nitrogens with zero attached hydrogens (tertiary/aromatic N) is 2. The lowest BCUT2D eigenvalue weighted by Gasteiger charge is -2.27. The van der Waals surface area contributed by atoms with Gasteiger partial charge in [-0.25, -0.2) is 0 Å². The Bertz CT molecular complexity index is 1380. The maximum absolute atomic E-state index is 13.5. The Hall–Kier alpha value is -4.14. The summed E-state index contributed by atoms with van der Waals surface area (Å²) in [5, 5.41) is 21.4. The predicted molar refractivity (Wildman–Crippen MR) is 130 cm³/mol. The normalized spacial score (nSPS) is 12.7. The monoisotopic (exact) mass is 548 g/mol. The minimum atomic E-state index is -4.60. The Balaban J connectivity index is 1.93. The third-order valence-electron chi connectivity index (χ3n) is 5.37. The van der Waals surface area contributed by atoms with E-state index in [4.69, 9.17) is 25.8 Å². The van der Waals surface area contributed by atoms with Gasteiger partial charge in [0.25, 0.3) is 5.60 Å². The molecule has 0 bridgehead atoms. The number of para-hydroxylation sites is 2. The number of Topliss-reactive ketones (excluding diaryl/α,β-unsaturated/α-hetero) is 1. The molecule has 1 unspecified atom stereocenters.